The van der Waals surface area contributed by atoms with Gasteiger partial charge in [-0.15, -0.1) is 12.6 Å². The topological polar surface area (TPSA) is 35.2 Å². The Morgan fingerprint density at radius 3 is 2.44 bits per heavy atom. The number of ether oxygens (including phenoxy) is 1. The van der Waals surface area contributed by atoms with Gasteiger partial charge in [-0.05, 0) is 24.3 Å². The first-order valence-electron chi connectivity index (χ1n) is 4.68. The Morgan fingerprint density at radius 2 is 1.75 bits per heavy atom. The van der Waals surface area contributed by atoms with E-state index in [9.17, 15) is 0 Å². The zero-order valence-electron chi connectivity index (χ0n) is 8.35. The average molecular weight is 252 g/mol. The van der Waals surface area contributed by atoms with E-state index >= 15 is 0 Å². The van der Waals surface area contributed by atoms with Gasteiger partial charge in [0.25, 0.3) is 0 Å². The fourth-order valence-electron chi connectivity index (χ4n) is 1.27. The molecule has 2 nitrogen and oxygen atoms in total. The maximum atomic E-state index is 5.88. The molecule has 0 saturated heterocycles. The highest BCUT2D eigenvalue weighted by Crippen LogP contribution is 2.36. The molecule has 0 bridgehead atoms. The highest BCUT2D eigenvalue weighted by Gasteiger charge is 2.08. The number of nitrogen functional groups attached to an aromatic ring is 1. The number of halogens is 1. The summed E-state index contributed by atoms with van der Waals surface area (Å²) in [6.45, 7) is 0. The van der Waals surface area contributed by atoms with E-state index in [4.69, 9.17) is 22.1 Å². The van der Waals surface area contributed by atoms with Crippen LogP contribution in [0.4, 0.5) is 5.69 Å². The molecule has 0 spiro atoms. The predicted molar refractivity (Wildman–Crippen MR) is 69.6 cm³/mol. The van der Waals surface area contributed by atoms with Gasteiger partial charge in [-0.25, -0.2) is 0 Å². The second kappa shape index (κ2) is 4.68. The molecule has 82 valence electrons. The van der Waals surface area contributed by atoms with Crippen LogP contribution in [0, 0.1) is 0 Å². The van der Waals surface area contributed by atoms with Gasteiger partial charge in [0.05, 0.1) is 10.7 Å². The van der Waals surface area contributed by atoms with Crippen LogP contribution in [0.25, 0.3) is 0 Å². The molecule has 0 atom stereocenters. The molecule has 0 radical (unpaired) electrons. The highest BCUT2D eigenvalue weighted by molar-refractivity contribution is 7.80. The summed E-state index contributed by atoms with van der Waals surface area (Å²) in [7, 11) is 0. The van der Waals surface area contributed by atoms with E-state index < -0.39 is 0 Å². The maximum absolute atomic E-state index is 5.88. The van der Waals surface area contributed by atoms with Crippen LogP contribution in [0.3, 0.4) is 0 Å². The number of rotatable bonds is 2. The minimum atomic E-state index is 0.444. The Kier molecular flexibility index (Phi) is 3.27. The molecule has 2 aromatic rings. The quantitative estimate of drug-likeness (QED) is 0.625. The van der Waals surface area contributed by atoms with Gasteiger partial charge in [0.15, 0.2) is 5.75 Å². The molecule has 0 heterocycles. The Bertz CT molecular complexity index is 502. The maximum Gasteiger partial charge on any atom is 0.151 e. The summed E-state index contributed by atoms with van der Waals surface area (Å²) in [4.78, 5) is 0.537. The molecule has 0 saturated carbocycles. The Balaban J connectivity index is 2.33. The van der Waals surface area contributed by atoms with Crippen molar-refractivity contribution in [2.24, 2.45) is 0 Å². The Hall–Kier alpha value is -1.32. The minimum absolute atomic E-state index is 0.444. The standard InChI is InChI=1S/C12H10ClNOS/c13-9-6-7-10(11(14)12(9)16)15-8-4-2-1-3-5-8/h1-7,16H,14H2. The van der Waals surface area contributed by atoms with E-state index in [0.29, 0.717) is 21.4 Å². The van der Waals surface area contributed by atoms with Gasteiger partial charge in [0.1, 0.15) is 5.75 Å². The van der Waals surface area contributed by atoms with E-state index in [0.717, 1.165) is 5.75 Å². The summed E-state index contributed by atoms with van der Waals surface area (Å²) < 4.78 is 5.61. The van der Waals surface area contributed by atoms with Gasteiger partial charge < -0.3 is 10.5 Å². The Morgan fingerprint density at radius 1 is 1.06 bits per heavy atom. The zero-order chi connectivity index (χ0) is 11.5. The van der Waals surface area contributed by atoms with Crippen molar-refractivity contribution in [3.05, 3.63) is 47.5 Å². The summed E-state index contributed by atoms with van der Waals surface area (Å²) in [5, 5.41) is 0.515. The number of anilines is 1. The van der Waals surface area contributed by atoms with E-state index in [1.54, 1.807) is 12.1 Å². The molecule has 2 aromatic carbocycles. The Labute approximate surface area is 104 Å². The third-order valence-corrected chi connectivity index (χ3v) is 3.03. The summed E-state index contributed by atoms with van der Waals surface area (Å²) >= 11 is 10.1. The number of hydrogen-bond donors (Lipinski definition) is 2. The van der Waals surface area contributed by atoms with Crippen LogP contribution in [0.15, 0.2) is 47.4 Å². The molecule has 0 amide bonds. The summed E-state index contributed by atoms with van der Waals surface area (Å²) in [6.07, 6.45) is 0. The summed E-state index contributed by atoms with van der Waals surface area (Å²) in [5.74, 6) is 1.28. The highest BCUT2D eigenvalue weighted by atomic mass is 35.5. The molecule has 16 heavy (non-hydrogen) atoms. The molecule has 0 aromatic heterocycles. The van der Waals surface area contributed by atoms with Gasteiger partial charge in [-0.3, -0.25) is 0 Å². The van der Waals surface area contributed by atoms with Crippen LogP contribution in [0.1, 0.15) is 0 Å². The van der Waals surface area contributed by atoms with Crippen molar-refractivity contribution in [1.29, 1.82) is 0 Å². The van der Waals surface area contributed by atoms with Crippen molar-refractivity contribution >= 4 is 29.9 Å². The van der Waals surface area contributed by atoms with Crippen LogP contribution >= 0.6 is 24.2 Å². The molecule has 0 unspecified atom stereocenters. The van der Waals surface area contributed by atoms with Crippen molar-refractivity contribution < 1.29 is 4.74 Å². The predicted octanol–water partition coefficient (Wildman–Crippen LogP) is 4.00. The van der Waals surface area contributed by atoms with Gasteiger partial charge in [-0.2, -0.15) is 0 Å². The molecule has 4 heteroatoms. The van der Waals surface area contributed by atoms with E-state index in [1.807, 2.05) is 30.3 Å². The van der Waals surface area contributed by atoms with E-state index in [2.05, 4.69) is 12.6 Å². The number of hydrogen-bond acceptors (Lipinski definition) is 3. The molecule has 0 aliphatic heterocycles. The number of para-hydroxylation sites is 1. The summed E-state index contributed by atoms with van der Waals surface area (Å²) in [6, 6.07) is 12.8. The lowest BCUT2D eigenvalue weighted by atomic mass is 10.3. The molecular weight excluding hydrogens is 242 g/mol. The van der Waals surface area contributed by atoms with Crippen molar-refractivity contribution in [3.63, 3.8) is 0 Å². The summed E-state index contributed by atoms with van der Waals surface area (Å²) in [5.41, 5.74) is 6.29. The van der Waals surface area contributed by atoms with Crippen LogP contribution in [0.5, 0.6) is 11.5 Å². The third kappa shape index (κ3) is 2.26. The lowest BCUT2D eigenvalue weighted by Crippen LogP contribution is -1.93. The fraction of sp³-hybridized carbons (Fsp3) is 0. The number of thiol groups is 1. The SMILES string of the molecule is Nc1c(Oc2ccccc2)ccc(Cl)c1S. The van der Waals surface area contributed by atoms with Crippen LogP contribution in [0.2, 0.25) is 5.02 Å². The van der Waals surface area contributed by atoms with Gasteiger partial charge in [0.2, 0.25) is 0 Å². The van der Waals surface area contributed by atoms with Crippen LogP contribution < -0.4 is 10.5 Å². The molecule has 0 fully saturated rings. The molecular formula is C12H10ClNOS. The van der Waals surface area contributed by atoms with E-state index in [1.165, 1.54) is 0 Å². The monoisotopic (exact) mass is 251 g/mol. The molecule has 2 N–H and O–H groups in total. The third-order valence-electron chi connectivity index (χ3n) is 2.10. The minimum Gasteiger partial charge on any atom is -0.455 e. The van der Waals surface area contributed by atoms with Gasteiger partial charge in [-0.1, -0.05) is 29.8 Å². The molecule has 0 aliphatic rings. The number of nitrogens with two attached hydrogens (primary N) is 1. The fourth-order valence-corrected chi connectivity index (χ4v) is 1.62. The lowest BCUT2D eigenvalue weighted by molar-refractivity contribution is 0.484. The zero-order valence-corrected chi connectivity index (χ0v) is 10.0. The van der Waals surface area contributed by atoms with Crippen molar-refractivity contribution in [3.8, 4) is 11.5 Å². The second-order valence-electron chi connectivity index (χ2n) is 3.22. The molecule has 2 rings (SSSR count). The second-order valence-corrected chi connectivity index (χ2v) is 4.08. The van der Waals surface area contributed by atoms with Crippen molar-refractivity contribution in [2.75, 3.05) is 5.73 Å². The van der Waals surface area contributed by atoms with Crippen molar-refractivity contribution in [1.82, 2.24) is 0 Å². The van der Waals surface area contributed by atoms with Crippen LogP contribution in [-0.4, -0.2) is 0 Å². The van der Waals surface area contributed by atoms with Gasteiger partial charge in [0, 0.05) is 4.90 Å². The van der Waals surface area contributed by atoms with Gasteiger partial charge >= 0.3 is 0 Å². The largest absolute Gasteiger partial charge is 0.455 e. The smallest absolute Gasteiger partial charge is 0.151 e. The average Bonchev–Trinajstić information content (AvgIpc) is 2.31. The van der Waals surface area contributed by atoms with Crippen LogP contribution in [-0.2, 0) is 0 Å². The van der Waals surface area contributed by atoms with Crippen molar-refractivity contribution in [2.45, 2.75) is 4.90 Å². The lowest BCUT2D eigenvalue weighted by Gasteiger charge is -2.10. The first-order chi connectivity index (χ1) is 7.68. The normalized spacial score (nSPS) is 10.1. The first-order valence-corrected chi connectivity index (χ1v) is 5.51. The number of benzene rings is 2. The molecule has 0 aliphatic carbocycles. The van der Waals surface area contributed by atoms with E-state index in [-0.39, 0.29) is 0 Å². The first kappa shape index (κ1) is 11.2.